The minimum atomic E-state index is -0.280. The van der Waals surface area contributed by atoms with Crippen LogP contribution in [0.1, 0.15) is 32.1 Å². The molecule has 0 spiro atoms. The number of hydrogen-bond acceptors (Lipinski definition) is 2. The van der Waals surface area contributed by atoms with Crippen LogP contribution in [0.2, 0.25) is 0 Å². The quantitative estimate of drug-likeness (QED) is 0.831. The van der Waals surface area contributed by atoms with Gasteiger partial charge in [-0.2, -0.15) is 0 Å². The van der Waals surface area contributed by atoms with Gasteiger partial charge in [0.25, 0.3) is 0 Å². The number of hydrogen-bond donors (Lipinski definition) is 1. The van der Waals surface area contributed by atoms with Crippen molar-refractivity contribution in [3.63, 3.8) is 0 Å². The van der Waals surface area contributed by atoms with Crippen LogP contribution >= 0.6 is 0 Å². The van der Waals surface area contributed by atoms with Crippen molar-refractivity contribution in [1.82, 2.24) is 5.32 Å². The summed E-state index contributed by atoms with van der Waals surface area (Å²) >= 11 is 0. The number of benzene rings is 1. The smallest absolute Gasteiger partial charge is 0.223 e. The lowest BCUT2D eigenvalue weighted by Gasteiger charge is -2.20. The van der Waals surface area contributed by atoms with Crippen LogP contribution in [-0.4, -0.2) is 19.1 Å². The first-order chi connectivity index (χ1) is 9.25. The SMILES string of the molecule is O=C(NCCOc1ccc(F)cc1)C1CCCCC1. The molecule has 0 aromatic heterocycles. The summed E-state index contributed by atoms with van der Waals surface area (Å²) in [4.78, 5) is 11.8. The standard InChI is InChI=1S/C15H20FNO2/c16-13-6-8-14(9-7-13)19-11-10-17-15(18)12-4-2-1-3-5-12/h6-9,12H,1-5,10-11H2,(H,17,18). The molecule has 1 saturated carbocycles. The van der Waals surface area contributed by atoms with Crippen molar-refractivity contribution < 1.29 is 13.9 Å². The maximum atomic E-state index is 12.7. The molecule has 2 rings (SSSR count). The van der Waals surface area contributed by atoms with Crippen LogP contribution < -0.4 is 10.1 Å². The molecule has 0 aliphatic heterocycles. The monoisotopic (exact) mass is 265 g/mol. The summed E-state index contributed by atoms with van der Waals surface area (Å²) in [7, 11) is 0. The van der Waals surface area contributed by atoms with Crippen LogP contribution in [0.3, 0.4) is 0 Å². The molecule has 0 atom stereocenters. The van der Waals surface area contributed by atoms with E-state index < -0.39 is 0 Å². The Labute approximate surface area is 113 Å². The summed E-state index contributed by atoms with van der Waals surface area (Å²) in [5.41, 5.74) is 0. The van der Waals surface area contributed by atoms with E-state index >= 15 is 0 Å². The van der Waals surface area contributed by atoms with Crippen molar-refractivity contribution in [2.75, 3.05) is 13.2 Å². The van der Waals surface area contributed by atoms with Crippen LogP contribution in [0, 0.1) is 11.7 Å². The highest BCUT2D eigenvalue weighted by atomic mass is 19.1. The van der Waals surface area contributed by atoms with Gasteiger partial charge in [-0.25, -0.2) is 4.39 Å². The third-order valence-electron chi connectivity index (χ3n) is 3.46. The second-order valence-corrected chi connectivity index (χ2v) is 4.93. The van der Waals surface area contributed by atoms with Crippen LogP contribution in [-0.2, 0) is 4.79 Å². The van der Waals surface area contributed by atoms with Gasteiger partial charge in [0, 0.05) is 5.92 Å². The first-order valence-electron chi connectivity index (χ1n) is 6.92. The number of nitrogens with one attached hydrogen (secondary N) is 1. The Bertz CT molecular complexity index is 399. The summed E-state index contributed by atoms with van der Waals surface area (Å²) < 4.78 is 18.1. The maximum absolute atomic E-state index is 12.7. The fourth-order valence-electron chi connectivity index (χ4n) is 2.38. The fourth-order valence-corrected chi connectivity index (χ4v) is 2.38. The summed E-state index contributed by atoms with van der Waals surface area (Å²) in [6, 6.07) is 5.88. The molecule has 1 aliphatic rings. The zero-order valence-electron chi connectivity index (χ0n) is 11.0. The number of rotatable bonds is 5. The number of halogens is 1. The summed E-state index contributed by atoms with van der Waals surface area (Å²) in [5, 5.41) is 2.90. The second-order valence-electron chi connectivity index (χ2n) is 4.93. The van der Waals surface area contributed by atoms with Crippen LogP contribution in [0.5, 0.6) is 5.75 Å². The highest BCUT2D eigenvalue weighted by Gasteiger charge is 2.20. The van der Waals surface area contributed by atoms with E-state index in [1.54, 1.807) is 12.1 Å². The third kappa shape index (κ3) is 4.54. The molecule has 1 aliphatic carbocycles. The molecule has 19 heavy (non-hydrogen) atoms. The topological polar surface area (TPSA) is 38.3 Å². The molecule has 1 amide bonds. The number of ether oxygens (including phenoxy) is 1. The van der Waals surface area contributed by atoms with Crippen molar-refractivity contribution in [2.24, 2.45) is 5.92 Å². The lowest BCUT2D eigenvalue weighted by atomic mass is 9.89. The molecule has 1 aromatic rings. The van der Waals surface area contributed by atoms with Crippen molar-refractivity contribution >= 4 is 5.91 Å². The Hall–Kier alpha value is -1.58. The van der Waals surface area contributed by atoms with Gasteiger partial charge in [0.1, 0.15) is 18.2 Å². The van der Waals surface area contributed by atoms with E-state index in [2.05, 4.69) is 5.32 Å². The Morgan fingerprint density at radius 2 is 1.89 bits per heavy atom. The van der Waals surface area contributed by atoms with E-state index in [1.165, 1.54) is 18.6 Å². The highest BCUT2D eigenvalue weighted by molar-refractivity contribution is 5.78. The van der Waals surface area contributed by atoms with Crippen LogP contribution in [0.25, 0.3) is 0 Å². The summed E-state index contributed by atoms with van der Waals surface area (Å²) in [6.07, 6.45) is 5.57. The molecule has 1 fully saturated rings. The molecule has 104 valence electrons. The fraction of sp³-hybridized carbons (Fsp3) is 0.533. The minimum absolute atomic E-state index is 0.141. The van der Waals surface area contributed by atoms with Gasteiger partial charge in [-0.1, -0.05) is 19.3 Å². The molecule has 0 heterocycles. The van der Waals surface area contributed by atoms with E-state index in [0.29, 0.717) is 18.9 Å². The highest BCUT2D eigenvalue weighted by Crippen LogP contribution is 2.23. The predicted octanol–water partition coefficient (Wildman–Crippen LogP) is 2.90. The van der Waals surface area contributed by atoms with Gasteiger partial charge in [-0.15, -0.1) is 0 Å². The van der Waals surface area contributed by atoms with Gasteiger partial charge in [0.05, 0.1) is 6.54 Å². The van der Waals surface area contributed by atoms with Crippen LogP contribution in [0.4, 0.5) is 4.39 Å². The van der Waals surface area contributed by atoms with E-state index in [1.807, 2.05) is 0 Å². The Kier molecular flexibility index (Phi) is 5.19. The molecule has 1 N–H and O–H groups in total. The van der Waals surface area contributed by atoms with Crippen LogP contribution in [0.15, 0.2) is 24.3 Å². The normalized spacial score (nSPS) is 16.1. The molecule has 0 saturated heterocycles. The average molecular weight is 265 g/mol. The van der Waals surface area contributed by atoms with Gasteiger partial charge in [0.2, 0.25) is 5.91 Å². The molecular weight excluding hydrogens is 245 g/mol. The maximum Gasteiger partial charge on any atom is 0.223 e. The summed E-state index contributed by atoms with van der Waals surface area (Å²) in [6.45, 7) is 0.900. The van der Waals surface area contributed by atoms with E-state index in [0.717, 1.165) is 25.7 Å². The van der Waals surface area contributed by atoms with Gasteiger partial charge in [-0.05, 0) is 37.1 Å². The van der Waals surface area contributed by atoms with E-state index in [4.69, 9.17) is 4.74 Å². The van der Waals surface area contributed by atoms with E-state index in [-0.39, 0.29) is 17.6 Å². The van der Waals surface area contributed by atoms with Crippen molar-refractivity contribution in [2.45, 2.75) is 32.1 Å². The predicted molar refractivity (Wildman–Crippen MR) is 71.5 cm³/mol. The molecular formula is C15H20FNO2. The van der Waals surface area contributed by atoms with Gasteiger partial charge in [0.15, 0.2) is 0 Å². The lowest BCUT2D eigenvalue weighted by molar-refractivity contribution is -0.126. The number of carbonyl (C=O) groups excluding carboxylic acids is 1. The lowest BCUT2D eigenvalue weighted by Crippen LogP contribution is -2.34. The first kappa shape index (κ1) is 13.8. The van der Waals surface area contributed by atoms with Gasteiger partial charge in [-0.3, -0.25) is 4.79 Å². The summed E-state index contributed by atoms with van der Waals surface area (Å²) in [5.74, 6) is 0.660. The number of amides is 1. The molecule has 3 nitrogen and oxygen atoms in total. The van der Waals surface area contributed by atoms with Crippen molar-refractivity contribution in [3.05, 3.63) is 30.1 Å². The zero-order valence-corrected chi connectivity index (χ0v) is 11.0. The molecule has 1 aromatic carbocycles. The van der Waals surface area contributed by atoms with Gasteiger partial charge >= 0.3 is 0 Å². The van der Waals surface area contributed by atoms with E-state index in [9.17, 15) is 9.18 Å². The largest absolute Gasteiger partial charge is 0.492 e. The van der Waals surface area contributed by atoms with Crippen molar-refractivity contribution in [1.29, 1.82) is 0 Å². The Morgan fingerprint density at radius 3 is 2.58 bits per heavy atom. The molecule has 0 radical (unpaired) electrons. The molecule has 0 unspecified atom stereocenters. The zero-order chi connectivity index (χ0) is 13.5. The number of carbonyl (C=O) groups is 1. The Balaban J connectivity index is 1.63. The van der Waals surface area contributed by atoms with Crippen molar-refractivity contribution in [3.8, 4) is 5.75 Å². The molecule has 4 heteroatoms. The van der Waals surface area contributed by atoms with Gasteiger partial charge < -0.3 is 10.1 Å². The minimum Gasteiger partial charge on any atom is -0.492 e. The average Bonchev–Trinajstić information content (AvgIpc) is 2.46. The Morgan fingerprint density at radius 1 is 1.21 bits per heavy atom. The third-order valence-corrected chi connectivity index (χ3v) is 3.46. The first-order valence-corrected chi connectivity index (χ1v) is 6.92. The second kappa shape index (κ2) is 7.12. The molecule has 0 bridgehead atoms.